The monoisotopic (exact) mass is 448 g/mol. The third kappa shape index (κ3) is 4.24. The smallest absolute Gasteiger partial charge is 0.258 e. The summed E-state index contributed by atoms with van der Waals surface area (Å²) < 4.78 is 20.3. The van der Waals surface area contributed by atoms with E-state index in [9.17, 15) is 4.79 Å². The number of aryl methyl sites for hydroxylation is 3. The van der Waals surface area contributed by atoms with Crippen LogP contribution < -0.4 is 9.80 Å². The van der Waals surface area contributed by atoms with Crippen molar-refractivity contribution in [3.8, 4) is 11.5 Å². The lowest BCUT2D eigenvalue weighted by atomic mass is 9.93. The number of fused-ring (bicyclic) bond motifs is 1. The van der Waals surface area contributed by atoms with Crippen LogP contribution in [-0.4, -0.2) is 35.7 Å². The first-order chi connectivity index (χ1) is 16.0. The second-order valence-corrected chi connectivity index (χ2v) is 9.05. The van der Waals surface area contributed by atoms with Crippen molar-refractivity contribution in [2.75, 3.05) is 29.4 Å². The van der Waals surface area contributed by atoms with Crippen molar-refractivity contribution in [1.29, 1.82) is 0 Å². The molecule has 2 aliphatic heterocycles. The molecule has 2 aliphatic rings. The summed E-state index contributed by atoms with van der Waals surface area (Å²) in [5, 5.41) is 3.89. The Hall–Kier alpha value is -3.22. The van der Waals surface area contributed by atoms with Crippen LogP contribution in [0.15, 0.2) is 40.9 Å². The van der Waals surface area contributed by atoms with Gasteiger partial charge in [-0.15, -0.1) is 0 Å². The van der Waals surface area contributed by atoms with Gasteiger partial charge in [0.15, 0.2) is 5.82 Å². The first kappa shape index (κ1) is 21.6. The minimum Gasteiger partial charge on any atom is -0.368 e. The van der Waals surface area contributed by atoms with Crippen LogP contribution in [-0.2, 0) is 17.6 Å². The van der Waals surface area contributed by atoms with Crippen molar-refractivity contribution in [2.24, 2.45) is 5.92 Å². The fourth-order valence-corrected chi connectivity index (χ4v) is 4.98. The van der Waals surface area contributed by atoms with Crippen LogP contribution in [0.2, 0.25) is 0 Å². The van der Waals surface area contributed by atoms with Gasteiger partial charge in [-0.25, -0.2) is 4.39 Å². The van der Waals surface area contributed by atoms with Gasteiger partial charge >= 0.3 is 0 Å². The van der Waals surface area contributed by atoms with Gasteiger partial charge in [-0.2, -0.15) is 4.98 Å². The number of nitrogens with zero attached hydrogens (tertiary/aromatic N) is 4. The van der Waals surface area contributed by atoms with Crippen LogP contribution in [0.3, 0.4) is 0 Å². The molecule has 1 atom stereocenters. The minimum atomic E-state index is -0.337. The standard InChI is InChI=1S/C26H29FN4O2/c1-3-24-28-25(33-29-24)19-9-11-23(21(27)15-19)30-12-4-7-20(16-30)26(32)31-13-5-6-18-14-17(2)8-10-22(18)31/h8-11,14-15,20H,3-7,12-13,16H2,1-2H3. The van der Waals surface area contributed by atoms with Gasteiger partial charge in [-0.1, -0.05) is 29.8 Å². The highest BCUT2D eigenvalue weighted by Crippen LogP contribution is 2.33. The molecule has 5 rings (SSSR count). The molecule has 0 saturated carbocycles. The summed E-state index contributed by atoms with van der Waals surface area (Å²) in [7, 11) is 0. The van der Waals surface area contributed by atoms with Gasteiger partial charge in [0.1, 0.15) is 5.82 Å². The first-order valence-electron chi connectivity index (χ1n) is 11.8. The molecule has 0 spiro atoms. The molecule has 0 aliphatic carbocycles. The van der Waals surface area contributed by atoms with Crippen LogP contribution in [0.1, 0.15) is 43.1 Å². The SMILES string of the molecule is CCc1noc(-c2ccc(N3CCCC(C(=O)N4CCCc5cc(C)ccc54)C3)c(F)c2)n1. The Balaban J connectivity index is 1.34. The summed E-state index contributed by atoms with van der Waals surface area (Å²) in [5.41, 5.74) is 4.58. The second kappa shape index (κ2) is 8.96. The number of hydrogen-bond donors (Lipinski definition) is 0. The number of amides is 1. The lowest BCUT2D eigenvalue weighted by Gasteiger charge is -2.38. The van der Waals surface area contributed by atoms with Crippen molar-refractivity contribution < 1.29 is 13.7 Å². The Labute approximate surface area is 193 Å². The highest BCUT2D eigenvalue weighted by atomic mass is 19.1. The largest absolute Gasteiger partial charge is 0.368 e. The van der Waals surface area contributed by atoms with Crippen LogP contribution in [0.4, 0.5) is 15.8 Å². The molecule has 1 saturated heterocycles. The van der Waals surface area contributed by atoms with E-state index >= 15 is 4.39 Å². The number of piperidine rings is 1. The molecule has 1 aromatic heterocycles. The Kier molecular flexibility index (Phi) is 5.87. The zero-order valence-corrected chi connectivity index (χ0v) is 19.2. The number of halogens is 1. The van der Waals surface area contributed by atoms with E-state index < -0.39 is 0 Å². The number of anilines is 2. The van der Waals surface area contributed by atoms with Crippen LogP contribution in [0.5, 0.6) is 0 Å². The number of rotatable bonds is 4. The van der Waals surface area contributed by atoms with Gasteiger partial charge in [0.05, 0.1) is 11.6 Å². The Morgan fingerprint density at radius 2 is 2.00 bits per heavy atom. The zero-order valence-electron chi connectivity index (χ0n) is 19.2. The van der Waals surface area contributed by atoms with E-state index in [1.807, 2.05) is 16.7 Å². The number of aromatic nitrogens is 2. The van der Waals surface area contributed by atoms with Crippen molar-refractivity contribution in [3.05, 3.63) is 59.2 Å². The van der Waals surface area contributed by atoms with E-state index in [0.717, 1.165) is 44.5 Å². The second-order valence-electron chi connectivity index (χ2n) is 9.05. The third-order valence-electron chi connectivity index (χ3n) is 6.71. The molecule has 33 heavy (non-hydrogen) atoms. The molecule has 1 unspecified atom stereocenters. The van der Waals surface area contributed by atoms with Crippen LogP contribution >= 0.6 is 0 Å². The maximum Gasteiger partial charge on any atom is 0.258 e. The predicted molar refractivity (Wildman–Crippen MR) is 126 cm³/mol. The van der Waals surface area contributed by atoms with Crippen LogP contribution in [0, 0.1) is 18.7 Å². The highest BCUT2D eigenvalue weighted by molar-refractivity contribution is 5.96. The summed E-state index contributed by atoms with van der Waals surface area (Å²) in [6, 6.07) is 11.3. The molecule has 3 aromatic rings. The molecule has 1 fully saturated rings. The molecule has 7 heteroatoms. The Morgan fingerprint density at radius 3 is 2.79 bits per heavy atom. The topological polar surface area (TPSA) is 62.5 Å². The van der Waals surface area contributed by atoms with Gasteiger partial charge in [-0.05, 0) is 62.4 Å². The quantitative estimate of drug-likeness (QED) is 0.566. The van der Waals surface area contributed by atoms with E-state index in [-0.39, 0.29) is 17.6 Å². The van der Waals surface area contributed by atoms with Crippen molar-refractivity contribution in [3.63, 3.8) is 0 Å². The lowest BCUT2D eigenvalue weighted by Crippen LogP contribution is -2.46. The summed E-state index contributed by atoms with van der Waals surface area (Å²) in [4.78, 5) is 21.7. The van der Waals surface area contributed by atoms with Crippen molar-refractivity contribution in [2.45, 2.75) is 46.0 Å². The summed E-state index contributed by atoms with van der Waals surface area (Å²) in [6.07, 6.45) is 4.33. The molecule has 172 valence electrons. The number of benzene rings is 2. The Bertz CT molecular complexity index is 1170. The molecule has 1 amide bonds. The average Bonchev–Trinajstić information content (AvgIpc) is 3.32. The first-order valence-corrected chi connectivity index (χ1v) is 11.8. The normalized spacial score (nSPS) is 18.3. The van der Waals surface area contributed by atoms with Crippen LogP contribution in [0.25, 0.3) is 11.5 Å². The molecule has 6 nitrogen and oxygen atoms in total. The molecule has 2 aromatic carbocycles. The minimum absolute atomic E-state index is 0.145. The molecule has 0 bridgehead atoms. The van der Waals surface area contributed by atoms with Gasteiger partial charge in [-0.3, -0.25) is 4.79 Å². The number of carbonyl (C=O) groups is 1. The van der Waals surface area contributed by atoms with E-state index in [2.05, 4.69) is 35.3 Å². The molecule has 3 heterocycles. The summed E-state index contributed by atoms with van der Waals surface area (Å²) >= 11 is 0. The maximum atomic E-state index is 15.1. The zero-order chi connectivity index (χ0) is 22.9. The molecule has 0 radical (unpaired) electrons. The van der Waals surface area contributed by atoms with Gasteiger partial charge in [0.2, 0.25) is 5.91 Å². The van der Waals surface area contributed by atoms with Crippen molar-refractivity contribution in [1.82, 2.24) is 10.1 Å². The molecular weight excluding hydrogens is 419 g/mol. The van der Waals surface area contributed by atoms with E-state index in [4.69, 9.17) is 4.52 Å². The van der Waals surface area contributed by atoms with E-state index in [1.165, 1.54) is 17.2 Å². The molecule has 0 N–H and O–H groups in total. The highest BCUT2D eigenvalue weighted by Gasteiger charge is 2.33. The van der Waals surface area contributed by atoms with Gasteiger partial charge < -0.3 is 14.3 Å². The lowest BCUT2D eigenvalue weighted by molar-refractivity contribution is -0.122. The fraction of sp³-hybridized carbons (Fsp3) is 0.423. The van der Waals surface area contributed by atoms with Crippen molar-refractivity contribution >= 4 is 17.3 Å². The number of carbonyl (C=O) groups excluding carboxylic acids is 1. The Morgan fingerprint density at radius 1 is 1.15 bits per heavy atom. The summed E-state index contributed by atoms with van der Waals surface area (Å²) in [6.45, 7) is 6.03. The average molecular weight is 449 g/mol. The fourth-order valence-electron chi connectivity index (χ4n) is 4.98. The third-order valence-corrected chi connectivity index (χ3v) is 6.71. The van der Waals surface area contributed by atoms with E-state index in [0.29, 0.717) is 35.9 Å². The maximum absolute atomic E-state index is 15.1. The van der Waals surface area contributed by atoms with Gasteiger partial charge in [0.25, 0.3) is 5.89 Å². The molecular formula is C26H29FN4O2. The number of hydrogen-bond acceptors (Lipinski definition) is 5. The van der Waals surface area contributed by atoms with Gasteiger partial charge in [0, 0.05) is 37.3 Å². The predicted octanol–water partition coefficient (Wildman–Crippen LogP) is 4.94. The van der Waals surface area contributed by atoms with E-state index in [1.54, 1.807) is 12.1 Å². The summed E-state index contributed by atoms with van der Waals surface area (Å²) in [5.74, 6) is 0.590.